The van der Waals surface area contributed by atoms with Crippen molar-refractivity contribution in [2.24, 2.45) is 0 Å². The molecule has 2 aromatic heterocycles. The molecule has 7 nitrogen and oxygen atoms in total. The number of amides is 1. The van der Waals surface area contributed by atoms with Gasteiger partial charge in [-0.05, 0) is 45.0 Å². The van der Waals surface area contributed by atoms with Crippen molar-refractivity contribution in [2.75, 3.05) is 18.8 Å². The van der Waals surface area contributed by atoms with Gasteiger partial charge >= 0.3 is 6.09 Å². The Morgan fingerprint density at radius 2 is 2.00 bits per heavy atom. The van der Waals surface area contributed by atoms with Crippen molar-refractivity contribution >= 4 is 34.0 Å². The summed E-state index contributed by atoms with van der Waals surface area (Å²) in [5.74, 6) is 0.830. The van der Waals surface area contributed by atoms with Crippen molar-refractivity contribution in [3.8, 4) is 11.0 Å². The molecule has 1 saturated heterocycles. The highest BCUT2D eigenvalue weighted by atomic mass is 32.1. The molecule has 3 aromatic rings. The number of hydrogen-bond donors (Lipinski definition) is 1. The van der Waals surface area contributed by atoms with E-state index in [-0.39, 0.29) is 12.2 Å². The Kier molecular flexibility index (Phi) is 5.12. The molecule has 8 heteroatoms. The molecule has 0 spiro atoms. The molecule has 29 heavy (non-hydrogen) atoms. The van der Waals surface area contributed by atoms with E-state index in [0.717, 1.165) is 35.2 Å². The summed E-state index contributed by atoms with van der Waals surface area (Å²) in [6.07, 6.45) is 3.31. The molecule has 1 amide bonds. The van der Waals surface area contributed by atoms with Gasteiger partial charge in [-0.3, -0.25) is 0 Å². The van der Waals surface area contributed by atoms with Gasteiger partial charge in [0.05, 0.1) is 5.52 Å². The summed E-state index contributed by atoms with van der Waals surface area (Å²) in [6.45, 7) is 6.89. The smallest absolute Gasteiger partial charge is 0.410 e. The molecule has 3 heterocycles. The van der Waals surface area contributed by atoms with Crippen LogP contribution in [0, 0.1) is 0 Å². The lowest BCUT2D eigenvalue weighted by Crippen LogP contribution is -2.44. The lowest BCUT2D eigenvalue weighted by Gasteiger charge is -2.33. The summed E-state index contributed by atoms with van der Waals surface area (Å²) in [7, 11) is 0. The lowest BCUT2D eigenvalue weighted by molar-refractivity contribution is 0.0126. The molecule has 0 radical (unpaired) electrons. The largest absolute Gasteiger partial charge is 0.467 e. The van der Waals surface area contributed by atoms with Crippen molar-refractivity contribution in [3.63, 3.8) is 0 Å². The quantitative estimate of drug-likeness (QED) is 0.641. The topological polar surface area (TPSA) is 82.6 Å². The van der Waals surface area contributed by atoms with Crippen molar-refractivity contribution in [3.05, 3.63) is 35.8 Å². The average Bonchev–Trinajstić information content (AvgIpc) is 3.27. The minimum absolute atomic E-state index is 0.0499. The second-order valence-electron chi connectivity index (χ2n) is 8.26. The zero-order valence-electron chi connectivity index (χ0n) is 16.9. The second kappa shape index (κ2) is 7.59. The molecule has 0 saturated carbocycles. The van der Waals surface area contributed by atoms with Crippen LogP contribution >= 0.6 is 11.3 Å². The molecule has 4 rings (SSSR count). The van der Waals surface area contributed by atoms with E-state index in [1.54, 1.807) is 4.90 Å². The first-order valence-electron chi connectivity index (χ1n) is 9.75. The summed E-state index contributed by atoms with van der Waals surface area (Å²) < 4.78 is 13.6. The van der Waals surface area contributed by atoms with Crippen LogP contribution in [0.4, 0.5) is 10.5 Å². The number of benzene rings is 1. The van der Waals surface area contributed by atoms with Gasteiger partial charge in [0.25, 0.3) is 5.19 Å². The Hall–Kier alpha value is -2.74. The van der Waals surface area contributed by atoms with Gasteiger partial charge in [0.15, 0.2) is 5.82 Å². The third-order valence-corrected chi connectivity index (χ3v) is 5.51. The number of anilines is 1. The van der Waals surface area contributed by atoms with Crippen molar-refractivity contribution in [1.29, 1.82) is 0 Å². The fourth-order valence-corrected chi connectivity index (χ4v) is 4.11. The maximum absolute atomic E-state index is 12.2. The van der Waals surface area contributed by atoms with Crippen LogP contribution in [0.1, 0.15) is 33.6 Å². The number of nitrogen functional groups attached to an aromatic ring is 1. The third-order valence-electron chi connectivity index (χ3n) is 4.79. The highest BCUT2D eigenvalue weighted by molar-refractivity contribution is 7.11. The Labute approximate surface area is 174 Å². The molecule has 0 bridgehead atoms. The van der Waals surface area contributed by atoms with Gasteiger partial charge in [-0.25, -0.2) is 4.79 Å². The standard InChI is InChI=1S/C21H26N4O3S/c1-21(2,3)28-20(26)24-9-7-16(8-10-24)27-19-23-18(13-29-19)25-11-6-14-12-15(22)4-5-17(14)25/h4-6,11-13,16H,7-10,22H2,1-3H3. The summed E-state index contributed by atoms with van der Waals surface area (Å²) >= 11 is 1.48. The van der Waals surface area contributed by atoms with Gasteiger partial charge in [0, 0.05) is 48.6 Å². The first-order valence-corrected chi connectivity index (χ1v) is 10.6. The maximum atomic E-state index is 12.2. The van der Waals surface area contributed by atoms with Gasteiger partial charge in [0.1, 0.15) is 11.7 Å². The van der Waals surface area contributed by atoms with E-state index in [1.165, 1.54) is 11.3 Å². The summed E-state index contributed by atoms with van der Waals surface area (Å²) in [5.41, 5.74) is 7.19. The number of aromatic nitrogens is 2. The number of rotatable bonds is 3. The van der Waals surface area contributed by atoms with E-state index in [4.69, 9.17) is 15.2 Å². The molecule has 0 atom stereocenters. The zero-order valence-corrected chi connectivity index (χ0v) is 17.7. The summed E-state index contributed by atoms with van der Waals surface area (Å²) in [6, 6.07) is 7.87. The van der Waals surface area contributed by atoms with Crippen LogP contribution in [0.5, 0.6) is 5.19 Å². The second-order valence-corrected chi connectivity index (χ2v) is 9.08. The molecular weight excluding hydrogens is 388 g/mol. The summed E-state index contributed by atoms with van der Waals surface area (Å²) in [4.78, 5) is 18.6. The predicted molar refractivity (Wildman–Crippen MR) is 115 cm³/mol. The average molecular weight is 415 g/mol. The van der Waals surface area contributed by atoms with E-state index in [9.17, 15) is 4.79 Å². The van der Waals surface area contributed by atoms with E-state index < -0.39 is 5.60 Å². The van der Waals surface area contributed by atoms with Crippen LogP contribution < -0.4 is 10.5 Å². The minimum atomic E-state index is -0.476. The van der Waals surface area contributed by atoms with Gasteiger partial charge in [-0.15, -0.1) is 0 Å². The highest BCUT2D eigenvalue weighted by Crippen LogP contribution is 2.28. The number of ether oxygens (including phenoxy) is 2. The monoisotopic (exact) mass is 414 g/mol. The molecule has 1 aromatic carbocycles. The fraction of sp³-hybridized carbons (Fsp3) is 0.429. The van der Waals surface area contributed by atoms with Gasteiger partial charge < -0.3 is 24.7 Å². The first-order chi connectivity index (χ1) is 13.8. The maximum Gasteiger partial charge on any atom is 0.410 e. The number of thiazole rings is 1. The number of nitrogens with two attached hydrogens (primary N) is 1. The van der Waals surface area contributed by atoms with Crippen LogP contribution in [0.25, 0.3) is 16.7 Å². The third kappa shape index (κ3) is 4.48. The molecule has 1 aliphatic heterocycles. The number of likely N-dealkylation sites (tertiary alicyclic amines) is 1. The van der Waals surface area contributed by atoms with Crippen molar-refractivity contribution in [1.82, 2.24) is 14.5 Å². The van der Waals surface area contributed by atoms with Gasteiger partial charge in [-0.2, -0.15) is 4.98 Å². The number of hydrogen-bond acceptors (Lipinski definition) is 6. The van der Waals surface area contributed by atoms with Crippen LogP contribution in [-0.2, 0) is 4.74 Å². The van der Waals surface area contributed by atoms with Crippen LogP contribution in [0.15, 0.2) is 35.8 Å². The highest BCUT2D eigenvalue weighted by Gasteiger charge is 2.28. The normalized spacial score (nSPS) is 15.6. The number of piperidine rings is 1. The van der Waals surface area contributed by atoms with Crippen LogP contribution in [0.3, 0.4) is 0 Å². The van der Waals surface area contributed by atoms with E-state index in [0.29, 0.717) is 18.3 Å². The molecule has 154 valence electrons. The first kappa shape index (κ1) is 19.6. The number of nitrogens with zero attached hydrogens (tertiary/aromatic N) is 3. The Balaban J connectivity index is 1.37. The van der Waals surface area contributed by atoms with Crippen molar-refractivity contribution in [2.45, 2.75) is 45.3 Å². The minimum Gasteiger partial charge on any atom is -0.467 e. The number of carbonyl (C=O) groups excluding carboxylic acids is 1. The molecule has 1 aliphatic rings. The van der Waals surface area contributed by atoms with Crippen LogP contribution in [0.2, 0.25) is 0 Å². The Morgan fingerprint density at radius 1 is 1.24 bits per heavy atom. The molecule has 0 aliphatic carbocycles. The Bertz CT molecular complexity index is 1010. The molecular formula is C21H26N4O3S. The zero-order chi connectivity index (χ0) is 20.6. The number of carbonyl (C=O) groups is 1. The van der Waals surface area contributed by atoms with E-state index in [2.05, 4.69) is 4.98 Å². The van der Waals surface area contributed by atoms with Gasteiger partial charge in [-0.1, -0.05) is 11.3 Å². The molecule has 1 fully saturated rings. The fourth-order valence-electron chi connectivity index (χ4n) is 3.40. The lowest BCUT2D eigenvalue weighted by atomic mass is 10.1. The number of fused-ring (bicyclic) bond motifs is 1. The Morgan fingerprint density at radius 3 is 2.72 bits per heavy atom. The predicted octanol–water partition coefficient (Wildman–Crippen LogP) is 4.45. The molecule has 2 N–H and O–H groups in total. The molecule has 0 unspecified atom stereocenters. The van der Waals surface area contributed by atoms with E-state index in [1.807, 2.05) is 61.2 Å². The van der Waals surface area contributed by atoms with Gasteiger partial charge in [0.2, 0.25) is 0 Å². The van der Waals surface area contributed by atoms with Crippen LogP contribution in [-0.4, -0.2) is 45.3 Å². The van der Waals surface area contributed by atoms with E-state index >= 15 is 0 Å². The summed E-state index contributed by atoms with van der Waals surface area (Å²) in [5, 5.41) is 3.71. The SMILES string of the molecule is CC(C)(C)OC(=O)N1CCC(Oc2nc(-n3ccc4cc(N)ccc43)cs2)CC1. The van der Waals surface area contributed by atoms with Crippen molar-refractivity contribution < 1.29 is 14.3 Å².